The molecular weight excluding hydrogens is 240 g/mol. The van der Waals surface area contributed by atoms with Gasteiger partial charge in [-0.15, -0.1) is 0 Å². The number of benzene rings is 1. The molecule has 0 atom stereocenters. The minimum atomic E-state index is -0.386. The quantitative estimate of drug-likeness (QED) is 0.612. The lowest BCUT2D eigenvalue weighted by molar-refractivity contribution is -0.384. The average molecular weight is 255 g/mol. The summed E-state index contributed by atoms with van der Waals surface area (Å²) in [6.45, 7) is 0.672. The smallest absolute Gasteiger partial charge is 0.269 e. The minimum absolute atomic E-state index is 0.103. The van der Waals surface area contributed by atoms with E-state index in [2.05, 4.69) is 4.90 Å². The molecule has 0 radical (unpaired) electrons. The molecule has 2 rings (SSSR count). The van der Waals surface area contributed by atoms with Gasteiger partial charge in [0.05, 0.1) is 4.92 Å². The van der Waals surface area contributed by atoms with Gasteiger partial charge in [-0.2, -0.15) is 0 Å². The highest BCUT2D eigenvalue weighted by atomic mass is 35.5. The predicted octanol–water partition coefficient (Wildman–Crippen LogP) is 3.23. The maximum atomic E-state index is 10.7. The second kappa shape index (κ2) is 5.02. The van der Waals surface area contributed by atoms with Crippen molar-refractivity contribution < 1.29 is 4.92 Å². The number of nitro benzene ring substituents is 1. The van der Waals surface area contributed by atoms with Crippen molar-refractivity contribution in [3.05, 3.63) is 38.9 Å². The van der Waals surface area contributed by atoms with Crippen LogP contribution in [-0.4, -0.2) is 22.9 Å². The fourth-order valence-electron chi connectivity index (χ4n) is 2.02. The first-order valence-electron chi connectivity index (χ1n) is 5.71. The summed E-state index contributed by atoms with van der Waals surface area (Å²) in [5.74, 6) is 0. The monoisotopic (exact) mass is 254 g/mol. The highest BCUT2D eigenvalue weighted by Gasteiger charge is 2.22. The average Bonchev–Trinajstić information content (AvgIpc) is 2.18. The van der Waals surface area contributed by atoms with E-state index in [-0.39, 0.29) is 10.6 Å². The van der Waals surface area contributed by atoms with E-state index in [4.69, 9.17) is 11.6 Å². The van der Waals surface area contributed by atoms with Gasteiger partial charge in [0, 0.05) is 29.7 Å². The van der Waals surface area contributed by atoms with Crippen molar-refractivity contribution in [1.82, 2.24) is 4.90 Å². The Morgan fingerprint density at radius 3 is 2.76 bits per heavy atom. The molecule has 92 valence electrons. The van der Waals surface area contributed by atoms with E-state index >= 15 is 0 Å². The zero-order valence-corrected chi connectivity index (χ0v) is 10.5. The largest absolute Gasteiger partial charge is 0.299 e. The number of halogens is 1. The van der Waals surface area contributed by atoms with Gasteiger partial charge in [0.2, 0.25) is 0 Å². The molecule has 0 aromatic heterocycles. The van der Waals surface area contributed by atoms with Crippen LogP contribution in [0.3, 0.4) is 0 Å². The third-order valence-electron chi connectivity index (χ3n) is 3.36. The molecule has 1 aromatic rings. The number of hydrogen-bond acceptors (Lipinski definition) is 3. The molecule has 0 bridgehead atoms. The first-order valence-corrected chi connectivity index (χ1v) is 6.09. The Labute approximate surface area is 105 Å². The Morgan fingerprint density at radius 2 is 2.24 bits per heavy atom. The van der Waals surface area contributed by atoms with Crippen LogP contribution in [0.2, 0.25) is 5.02 Å². The fourth-order valence-corrected chi connectivity index (χ4v) is 2.20. The second-order valence-electron chi connectivity index (χ2n) is 4.53. The zero-order chi connectivity index (χ0) is 12.4. The summed E-state index contributed by atoms with van der Waals surface area (Å²) in [5.41, 5.74) is 0.932. The van der Waals surface area contributed by atoms with Crippen LogP contribution in [-0.2, 0) is 6.54 Å². The Bertz CT molecular complexity index is 433. The van der Waals surface area contributed by atoms with E-state index in [9.17, 15) is 10.1 Å². The summed E-state index contributed by atoms with van der Waals surface area (Å²) in [4.78, 5) is 12.5. The Morgan fingerprint density at radius 1 is 1.53 bits per heavy atom. The first-order chi connectivity index (χ1) is 8.08. The van der Waals surface area contributed by atoms with Crippen LogP contribution in [0, 0.1) is 10.1 Å². The number of nitrogens with zero attached hydrogens (tertiary/aromatic N) is 2. The molecule has 1 aromatic carbocycles. The summed E-state index contributed by atoms with van der Waals surface area (Å²) < 4.78 is 0. The topological polar surface area (TPSA) is 46.4 Å². The van der Waals surface area contributed by atoms with Gasteiger partial charge in [-0.05, 0) is 31.5 Å². The van der Waals surface area contributed by atoms with Crippen molar-refractivity contribution in [1.29, 1.82) is 0 Å². The van der Waals surface area contributed by atoms with E-state index in [1.165, 1.54) is 25.3 Å². The number of nitro groups is 1. The Kier molecular flexibility index (Phi) is 3.64. The van der Waals surface area contributed by atoms with Gasteiger partial charge in [-0.3, -0.25) is 15.0 Å². The van der Waals surface area contributed by atoms with Crippen molar-refractivity contribution in [3.63, 3.8) is 0 Å². The van der Waals surface area contributed by atoms with Crippen molar-refractivity contribution in [2.75, 3.05) is 7.05 Å². The van der Waals surface area contributed by atoms with Crippen molar-refractivity contribution >= 4 is 17.3 Å². The molecule has 0 aliphatic heterocycles. The lowest BCUT2D eigenvalue weighted by Crippen LogP contribution is -2.36. The standard InChI is InChI=1S/C12H15ClN2O2/c1-14(10-3-2-4-10)8-9-7-11(15(16)17)5-6-12(9)13/h5-7,10H,2-4,8H2,1H3. The molecule has 0 amide bonds. The Balaban J connectivity index is 2.13. The summed E-state index contributed by atoms with van der Waals surface area (Å²) in [7, 11) is 2.04. The van der Waals surface area contributed by atoms with Gasteiger partial charge in [0.15, 0.2) is 0 Å². The fraction of sp³-hybridized carbons (Fsp3) is 0.500. The molecular formula is C12H15ClN2O2. The SMILES string of the molecule is CN(Cc1cc([N+](=O)[O-])ccc1Cl)C1CCC1. The molecule has 0 N–H and O–H groups in total. The molecule has 4 nitrogen and oxygen atoms in total. The van der Waals surface area contributed by atoms with Crippen LogP contribution in [0.5, 0.6) is 0 Å². The molecule has 1 aliphatic rings. The molecule has 0 spiro atoms. The van der Waals surface area contributed by atoms with Crippen LogP contribution < -0.4 is 0 Å². The van der Waals surface area contributed by atoms with E-state index in [0.29, 0.717) is 17.6 Å². The summed E-state index contributed by atoms with van der Waals surface area (Å²) in [6, 6.07) is 5.21. The van der Waals surface area contributed by atoms with Crippen molar-refractivity contribution in [3.8, 4) is 0 Å². The van der Waals surface area contributed by atoms with E-state index < -0.39 is 0 Å². The second-order valence-corrected chi connectivity index (χ2v) is 4.94. The number of hydrogen-bond donors (Lipinski definition) is 0. The summed E-state index contributed by atoms with van der Waals surface area (Å²) in [5, 5.41) is 11.3. The molecule has 1 fully saturated rings. The van der Waals surface area contributed by atoms with Gasteiger partial charge < -0.3 is 0 Å². The van der Waals surface area contributed by atoms with E-state index in [1.54, 1.807) is 12.1 Å². The third-order valence-corrected chi connectivity index (χ3v) is 3.73. The predicted molar refractivity (Wildman–Crippen MR) is 67.2 cm³/mol. The van der Waals surface area contributed by atoms with Crippen LogP contribution >= 0.6 is 11.6 Å². The highest BCUT2D eigenvalue weighted by Crippen LogP contribution is 2.28. The van der Waals surface area contributed by atoms with Gasteiger partial charge in [0.1, 0.15) is 0 Å². The third kappa shape index (κ3) is 2.76. The number of non-ortho nitro benzene ring substituents is 1. The normalized spacial score (nSPS) is 15.9. The molecule has 0 unspecified atom stereocenters. The Hall–Kier alpha value is -1.13. The van der Waals surface area contributed by atoms with E-state index in [1.807, 2.05) is 7.05 Å². The van der Waals surface area contributed by atoms with Gasteiger partial charge in [0.25, 0.3) is 5.69 Å². The summed E-state index contributed by atoms with van der Waals surface area (Å²) >= 11 is 6.06. The maximum absolute atomic E-state index is 10.7. The lowest BCUT2D eigenvalue weighted by Gasteiger charge is -2.34. The zero-order valence-electron chi connectivity index (χ0n) is 9.73. The molecule has 1 saturated carbocycles. The molecule has 17 heavy (non-hydrogen) atoms. The summed E-state index contributed by atoms with van der Waals surface area (Å²) in [6.07, 6.45) is 3.70. The van der Waals surface area contributed by atoms with Crippen LogP contribution in [0.15, 0.2) is 18.2 Å². The maximum Gasteiger partial charge on any atom is 0.269 e. The van der Waals surface area contributed by atoms with Crippen LogP contribution in [0.25, 0.3) is 0 Å². The van der Waals surface area contributed by atoms with Crippen LogP contribution in [0.1, 0.15) is 24.8 Å². The minimum Gasteiger partial charge on any atom is -0.299 e. The van der Waals surface area contributed by atoms with Crippen molar-refractivity contribution in [2.24, 2.45) is 0 Å². The first kappa shape index (κ1) is 12.3. The number of rotatable bonds is 4. The molecule has 0 heterocycles. The van der Waals surface area contributed by atoms with Crippen molar-refractivity contribution in [2.45, 2.75) is 31.8 Å². The molecule has 0 saturated heterocycles. The van der Waals surface area contributed by atoms with Gasteiger partial charge in [-0.1, -0.05) is 18.0 Å². The van der Waals surface area contributed by atoms with Gasteiger partial charge >= 0.3 is 0 Å². The molecule has 5 heteroatoms. The lowest BCUT2D eigenvalue weighted by atomic mass is 9.91. The highest BCUT2D eigenvalue weighted by molar-refractivity contribution is 6.31. The van der Waals surface area contributed by atoms with Gasteiger partial charge in [-0.25, -0.2) is 0 Å². The van der Waals surface area contributed by atoms with E-state index in [0.717, 1.165) is 5.56 Å². The molecule has 1 aliphatic carbocycles. The van der Waals surface area contributed by atoms with Crippen LogP contribution in [0.4, 0.5) is 5.69 Å².